The predicted molar refractivity (Wildman–Crippen MR) is 67.3 cm³/mol. The fourth-order valence-corrected chi connectivity index (χ4v) is 2.79. The molecule has 0 aliphatic heterocycles. The Morgan fingerprint density at radius 1 is 1.31 bits per heavy atom. The molecule has 0 fully saturated rings. The molecule has 0 spiro atoms. The van der Waals surface area contributed by atoms with Crippen LogP contribution in [0.1, 0.15) is 28.3 Å². The molecule has 3 rings (SSSR count). The minimum absolute atomic E-state index is 0.559. The first-order valence-corrected chi connectivity index (χ1v) is 6.00. The monoisotopic (exact) mass is 230 g/mol. The van der Waals surface area contributed by atoms with Crippen LogP contribution in [0, 0.1) is 11.7 Å². The summed E-state index contributed by atoms with van der Waals surface area (Å²) in [6, 6.07) is 6.58. The van der Waals surface area contributed by atoms with Gasteiger partial charge in [0.2, 0.25) is 0 Å². The van der Waals surface area contributed by atoms with Gasteiger partial charge in [0.05, 0.1) is 0 Å². The summed E-state index contributed by atoms with van der Waals surface area (Å²) < 4.78 is 0.725. The molecule has 0 saturated heterocycles. The first-order chi connectivity index (χ1) is 7.74. The highest BCUT2D eigenvalue weighted by Gasteiger charge is 2.24. The summed E-state index contributed by atoms with van der Waals surface area (Å²) in [4.78, 5) is 6.28. The van der Waals surface area contributed by atoms with Gasteiger partial charge in [-0.2, -0.15) is 0 Å². The number of imidazole rings is 1. The minimum Gasteiger partial charge on any atom is -0.337 e. The van der Waals surface area contributed by atoms with E-state index in [0.29, 0.717) is 5.92 Å². The van der Waals surface area contributed by atoms with Crippen molar-refractivity contribution in [2.45, 2.75) is 25.7 Å². The topological polar surface area (TPSA) is 31.6 Å². The molecule has 3 heteroatoms. The number of aryl methyl sites for hydroxylation is 1. The molecule has 2 N–H and O–H groups in total. The molecule has 1 aromatic carbocycles. The molecule has 2 aromatic rings. The van der Waals surface area contributed by atoms with Gasteiger partial charge >= 0.3 is 0 Å². The number of H-pyrrole nitrogens is 2. The lowest BCUT2D eigenvalue weighted by molar-refractivity contribution is 0.718. The van der Waals surface area contributed by atoms with Crippen molar-refractivity contribution in [2.24, 2.45) is 0 Å². The molecule has 82 valence electrons. The van der Waals surface area contributed by atoms with Crippen molar-refractivity contribution in [1.29, 1.82) is 0 Å². The number of hydrogen-bond donors (Lipinski definition) is 2. The van der Waals surface area contributed by atoms with Crippen LogP contribution >= 0.6 is 12.2 Å². The van der Waals surface area contributed by atoms with E-state index in [-0.39, 0.29) is 0 Å². The number of fused-ring (bicyclic) bond motifs is 1. The minimum atomic E-state index is 0.559. The second-order valence-corrected chi connectivity index (χ2v) is 4.92. The molecule has 0 amide bonds. The maximum absolute atomic E-state index is 5.07. The lowest BCUT2D eigenvalue weighted by Crippen LogP contribution is -1.98. The quantitative estimate of drug-likeness (QED) is 0.724. The highest BCUT2D eigenvalue weighted by Crippen LogP contribution is 2.34. The van der Waals surface area contributed by atoms with Gasteiger partial charge in [0.1, 0.15) is 0 Å². The summed E-state index contributed by atoms with van der Waals surface area (Å²) in [5.41, 5.74) is 5.66. The Labute approximate surface area is 99.7 Å². The highest BCUT2D eigenvalue weighted by atomic mass is 32.1. The van der Waals surface area contributed by atoms with E-state index in [0.717, 1.165) is 17.6 Å². The van der Waals surface area contributed by atoms with Gasteiger partial charge < -0.3 is 9.97 Å². The van der Waals surface area contributed by atoms with Gasteiger partial charge in [0, 0.05) is 17.8 Å². The van der Waals surface area contributed by atoms with Crippen LogP contribution in [0.2, 0.25) is 0 Å². The maximum atomic E-state index is 5.07. The summed E-state index contributed by atoms with van der Waals surface area (Å²) in [6.45, 7) is 2.19. The lowest BCUT2D eigenvalue weighted by atomic mass is 10.0. The summed E-state index contributed by atoms with van der Waals surface area (Å²) >= 11 is 5.07. The van der Waals surface area contributed by atoms with E-state index >= 15 is 0 Å². The van der Waals surface area contributed by atoms with E-state index in [9.17, 15) is 0 Å². The molecule has 1 aliphatic rings. The van der Waals surface area contributed by atoms with E-state index in [1.165, 1.54) is 22.4 Å². The Morgan fingerprint density at radius 2 is 2.19 bits per heavy atom. The molecule has 1 heterocycles. The molecule has 0 radical (unpaired) electrons. The van der Waals surface area contributed by atoms with E-state index in [2.05, 4.69) is 35.1 Å². The fourth-order valence-electron chi connectivity index (χ4n) is 2.62. The number of nitrogens with one attached hydrogen (secondary N) is 2. The zero-order valence-electron chi connectivity index (χ0n) is 9.21. The zero-order valence-corrected chi connectivity index (χ0v) is 10.0. The third-order valence-corrected chi connectivity index (χ3v) is 3.70. The largest absolute Gasteiger partial charge is 0.337 e. The summed E-state index contributed by atoms with van der Waals surface area (Å²) in [6.07, 6.45) is 4.26. The van der Waals surface area contributed by atoms with Gasteiger partial charge in [0.25, 0.3) is 0 Å². The van der Waals surface area contributed by atoms with Crippen molar-refractivity contribution in [3.63, 3.8) is 0 Å². The SMILES string of the molecule is Cc1cccc2c1CC(c1c[nH]c(=S)[nH]1)C2. The standard InChI is InChI=1S/C13H14N2S/c1-8-3-2-4-9-5-10(6-11(8)9)12-7-14-13(16)15-12/h2-4,7,10H,5-6H2,1H3,(H2,14,15,16). The fraction of sp³-hybridized carbons (Fsp3) is 0.308. The van der Waals surface area contributed by atoms with Crippen LogP contribution < -0.4 is 0 Å². The lowest BCUT2D eigenvalue weighted by Gasteiger charge is -2.04. The predicted octanol–water partition coefficient (Wildman–Crippen LogP) is 3.26. The Morgan fingerprint density at radius 3 is 2.88 bits per heavy atom. The maximum Gasteiger partial charge on any atom is 0.174 e. The third-order valence-electron chi connectivity index (χ3n) is 3.48. The van der Waals surface area contributed by atoms with Crippen molar-refractivity contribution in [2.75, 3.05) is 0 Å². The smallest absolute Gasteiger partial charge is 0.174 e. The molecule has 0 bridgehead atoms. The van der Waals surface area contributed by atoms with Gasteiger partial charge in [-0.05, 0) is 48.7 Å². The van der Waals surface area contributed by atoms with Crippen molar-refractivity contribution in [3.05, 3.63) is 51.6 Å². The van der Waals surface area contributed by atoms with Crippen LogP contribution in [0.5, 0.6) is 0 Å². The van der Waals surface area contributed by atoms with Gasteiger partial charge in [-0.15, -0.1) is 0 Å². The number of aromatic nitrogens is 2. The van der Waals surface area contributed by atoms with Crippen LogP contribution in [-0.4, -0.2) is 9.97 Å². The van der Waals surface area contributed by atoms with Crippen molar-refractivity contribution in [1.82, 2.24) is 9.97 Å². The van der Waals surface area contributed by atoms with Gasteiger partial charge in [-0.3, -0.25) is 0 Å². The van der Waals surface area contributed by atoms with Gasteiger partial charge in [-0.1, -0.05) is 18.2 Å². The number of hydrogen-bond acceptors (Lipinski definition) is 1. The Hall–Kier alpha value is -1.35. The normalized spacial score (nSPS) is 18.7. The molecule has 1 atom stereocenters. The molecular formula is C13H14N2S. The average Bonchev–Trinajstić information content (AvgIpc) is 2.84. The number of rotatable bonds is 1. The first-order valence-electron chi connectivity index (χ1n) is 5.59. The van der Waals surface area contributed by atoms with Gasteiger partial charge in [-0.25, -0.2) is 0 Å². The van der Waals surface area contributed by atoms with E-state index in [1.54, 1.807) is 0 Å². The van der Waals surface area contributed by atoms with E-state index in [1.807, 2.05) is 6.20 Å². The van der Waals surface area contributed by atoms with Crippen LogP contribution in [-0.2, 0) is 12.8 Å². The van der Waals surface area contributed by atoms with Gasteiger partial charge in [0.15, 0.2) is 4.77 Å². The Balaban J connectivity index is 1.96. The molecular weight excluding hydrogens is 216 g/mol. The number of benzene rings is 1. The number of aromatic amines is 2. The van der Waals surface area contributed by atoms with E-state index in [4.69, 9.17) is 12.2 Å². The molecule has 2 nitrogen and oxygen atoms in total. The molecule has 1 aliphatic carbocycles. The van der Waals surface area contributed by atoms with Crippen LogP contribution in [0.4, 0.5) is 0 Å². The Kier molecular flexibility index (Phi) is 2.21. The second-order valence-electron chi connectivity index (χ2n) is 4.52. The zero-order chi connectivity index (χ0) is 11.1. The van der Waals surface area contributed by atoms with E-state index < -0.39 is 0 Å². The van der Waals surface area contributed by atoms with Crippen molar-refractivity contribution >= 4 is 12.2 Å². The van der Waals surface area contributed by atoms with Crippen molar-refractivity contribution < 1.29 is 0 Å². The molecule has 16 heavy (non-hydrogen) atoms. The summed E-state index contributed by atoms with van der Waals surface area (Å²) in [7, 11) is 0. The van der Waals surface area contributed by atoms with Crippen molar-refractivity contribution in [3.8, 4) is 0 Å². The van der Waals surface area contributed by atoms with Crippen LogP contribution in [0.3, 0.4) is 0 Å². The van der Waals surface area contributed by atoms with Crippen LogP contribution in [0.15, 0.2) is 24.4 Å². The summed E-state index contributed by atoms with van der Waals surface area (Å²) in [5, 5.41) is 0. The second kappa shape index (κ2) is 3.59. The first kappa shape index (κ1) is 9.85. The molecule has 1 unspecified atom stereocenters. The molecule has 1 aromatic heterocycles. The average molecular weight is 230 g/mol. The molecule has 0 saturated carbocycles. The summed E-state index contributed by atoms with van der Waals surface area (Å²) in [5.74, 6) is 0.559. The third kappa shape index (κ3) is 1.52. The van der Waals surface area contributed by atoms with Crippen LogP contribution in [0.25, 0.3) is 0 Å². The highest BCUT2D eigenvalue weighted by molar-refractivity contribution is 7.71. The Bertz CT molecular complexity index is 580.